The third-order valence-corrected chi connectivity index (χ3v) is 6.94. The molecular formula is C12H17Cl3O3S. The van der Waals surface area contributed by atoms with E-state index in [4.69, 9.17) is 34.8 Å². The molecule has 1 atom stereocenters. The van der Waals surface area contributed by atoms with Gasteiger partial charge in [0.15, 0.2) is 0 Å². The Morgan fingerprint density at radius 3 is 2.21 bits per heavy atom. The molecule has 0 amide bonds. The Bertz CT molecular complexity index is 506. The van der Waals surface area contributed by atoms with Crippen molar-refractivity contribution < 1.29 is 13.0 Å². The summed E-state index contributed by atoms with van der Waals surface area (Å²) >= 11 is 18.3. The SMILES string of the molecule is CCCC1(S(=O)(=O)O)C=CC(C)=C(Cl)C1(CCl)CCl. The molecule has 1 N–H and O–H groups in total. The van der Waals surface area contributed by atoms with E-state index in [0.717, 1.165) is 0 Å². The zero-order valence-electron chi connectivity index (χ0n) is 10.8. The topological polar surface area (TPSA) is 54.4 Å². The largest absolute Gasteiger partial charge is 0.285 e. The van der Waals surface area contributed by atoms with Crippen molar-refractivity contribution >= 4 is 44.9 Å². The predicted octanol–water partition coefficient (Wildman–Crippen LogP) is 3.96. The number of allylic oxidation sites excluding steroid dienone is 3. The summed E-state index contributed by atoms with van der Waals surface area (Å²) in [6.07, 6.45) is 3.81. The van der Waals surface area contributed by atoms with E-state index >= 15 is 0 Å². The first-order valence-electron chi connectivity index (χ1n) is 5.87. The smallest absolute Gasteiger partial charge is 0.275 e. The van der Waals surface area contributed by atoms with Gasteiger partial charge in [-0.1, -0.05) is 37.1 Å². The normalized spacial score (nSPS) is 26.8. The van der Waals surface area contributed by atoms with E-state index in [2.05, 4.69) is 0 Å². The lowest BCUT2D eigenvalue weighted by Crippen LogP contribution is -2.56. The van der Waals surface area contributed by atoms with Crippen LogP contribution in [0.5, 0.6) is 0 Å². The van der Waals surface area contributed by atoms with Gasteiger partial charge in [-0.2, -0.15) is 8.42 Å². The summed E-state index contributed by atoms with van der Waals surface area (Å²) in [5.41, 5.74) is -0.501. The zero-order chi connectivity index (χ0) is 14.9. The third-order valence-electron chi connectivity index (χ3n) is 3.72. The monoisotopic (exact) mass is 346 g/mol. The molecule has 1 rings (SSSR count). The molecule has 0 saturated heterocycles. The second-order valence-electron chi connectivity index (χ2n) is 4.79. The highest BCUT2D eigenvalue weighted by Crippen LogP contribution is 2.53. The highest BCUT2D eigenvalue weighted by molar-refractivity contribution is 7.87. The average molecular weight is 348 g/mol. The van der Waals surface area contributed by atoms with Gasteiger partial charge in [0.05, 0.1) is 5.41 Å². The summed E-state index contributed by atoms with van der Waals surface area (Å²) in [7, 11) is -4.41. The first-order valence-corrected chi connectivity index (χ1v) is 8.76. The van der Waals surface area contributed by atoms with E-state index in [1.54, 1.807) is 13.0 Å². The molecule has 0 heterocycles. The van der Waals surface area contributed by atoms with Crippen molar-refractivity contribution in [2.75, 3.05) is 11.8 Å². The van der Waals surface area contributed by atoms with Crippen LogP contribution in [0.1, 0.15) is 26.7 Å². The minimum absolute atomic E-state index is 0.0865. The zero-order valence-corrected chi connectivity index (χ0v) is 13.9. The fraction of sp³-hybridized carbons (Fsp3) is 0.667. The van der Waals surface area contributed by atoms with Crippen molar-refractivity contribution in [3.8, 4) is 0 Å². The minimum atomic E-state index is -4.41. The van der Waals surface area contributed by atoms with Gasteiger partial charge in [-0.25, -0.2) is 0 Å². The van der Waals surface area contributed by atoms with Gasteiger partial charge in [-0.3, -0.25) is 4.55 Å². The molecule has 0 bridgehead atoms. The van der Waals surface area contributed by atoms with Crippen LogP contribution in [0.4, 0.5) is 0 Å². The Morgan fingerprint density at radius 2 is 1.84 bits per heavy atom. The van der Waals surface area contributed by atoms with Crippen LogP contribution in [-0.2, 0) is 10.1 Å². The van der Waals surface area contributed by atoms with Gasteiger partial charge in [0, 0.05) is 16.8 Å². The maximum absolute atomic E-state index is 12.0. The third kappa shape index (κ3) is 2.46. The van der Waals surface area contributed by atoms with Crippen molar-refractivity contribution in [3.05, 3.63) is 22.8 Å². The standard InChI is InChI=1S/C12H17Cl3O3S/c1-3-5-12(19(16,17)18)6-4-9(2)10(15)11(12,7-13)8-14/h4,6H,3,5,7-8H2,1-2H3,(H,16,17,18). The van der Waals surface area contributed by atoms with Crippen LogP contribution in [-0.4, -0.2) is 29.5 Å². The molecule has 0 radical (unpaired) electrons. The molecule has 110 valence electrons. The Kier molecular flexibility index (Phi) is 5.41. The summed E-state index contributed by atoms with van der Waals surface area (Å²) in [6, 6.07) is 0. The Labute approximate surface area is 129 Å². The molecule has 7 heteroatoms. The number of alkyl halides is 2. The maximum Gasteiger partial charge on any atom is 0.275 e. The lowest BCUT2D eigenvalue weighted by atomic mass is 9.71. The summed E-state index contributed by atoms with van der Waals surface area (Å²) in [6.45, 7) is 3.58. The summed E-state index contributed by atoms with van der Waals surface area (Å²) in [5.74, 6) is -0.173. The van der Waals surface area contributed by atoms with Gasteiger partial charge in [0.2, 0.25) is 0 Å². The fourth-order valence-corrected chi connectivity index (χ4v) is 5.78. The molecule has 0 aromatic rings. The van der Waals surface area contributed by atoms with Crippen LogP contribution >= 0.6 is 34.8 Å². The molecular weight excluding hydrogens is 331 g/mol. The van der Waals surface area contributed by atoms with Crippen LogP contribution in [0.2, 0.25) is 0 Å². The number of hydrogen-bond donors (Lipinski definition) is 1. The molecule has 0 fully saturated rings. The lowest BCUT2D eigenvalue weighted by Gasteiger charge is -2.47. The highest BCUT2D eigenvalue weighted by Gasteiger charge is 2.60. The maximum atomic E-state index is 12.0. The van der Waals surface area contributed by atoms with Crippen molar-refractivity contribution in [1.82, 2.24) is 0 Å². The summed E-state index contributed by atoms with van der Waals surface area (Å²) in [5, 5.41) is 0.297. The fourth-order valence-electron chi connectivity index (χ4n) is 2.59. The summed E-state index contributed by atoms with van der Waals surface area (Å²) in [4.78, 5) is 0. The molecule has 0 aromatic carbocycles. The quantitative estimate of drug-likeness (QED) is 0.605. The second-order valence-corrected chi connectivity index (χ2v) is 7.39. The van der Waals surface area contributed by atoms with Gasteiger partial charge in [0.25, 0.3) is 10.1 Å². The number of rotatable bonds is 5. The molecule has 19 heavy (non-hydrogen) atoms. The van der Waals surface area contributed by atoms with Crippen molar-refractivity contribution in [2.45, 2.75) is 31.4 Å². The molecule has 0 aromatic heterocycles. The Balaban J connectivity index is 3.68. The molecule has 1 aliphatic carbocycles. The average Bonchev–Trinajstić information content (AvgIpc) is 2.34. The minimum Gasteiger partial charge on any atom is -0.285 e. The molecule has 3 nitrogen and oxygen atoms in total. The molecule has 0 spiro atoms. The van der Waals surface area contributed by atoms with Crippen LogP contribution in [0.15, 0.2) is 22.8 Å². The molecule has 1 unspecified atom stereocenters. The van der Waals surface area contributed by atoms with Crippen LogP contribution in [0.25, 0.3) is 0 Å². The van der Waals surface area contributed by atoms with E-state index in [-0.39, 0.29) is 18.2 Å². The molecule has 1 aliphatic rings. The Morgan fingerprint density at radius 1 is 1.32 bits per heavy atom. The highest BCUT2D eigenvalue weighted by atomic mass is 35.5. The van der Waals surface area contributed by atoms with Crippen LogP contribution in [0.3, 0.4) is 0 Å². The van der Waals surface area contributed by atoms with Gasteiger partial charge in [0.1, 0.15) is 4.75 Å². The molecule has 0 aliphatic heterocycles. The lowest BCUT2D eigenvalue weighted by molar-refractivity contribution is 0.309. The summed E-state index contributed by atoms with van der Waals surface area (Å²) < 4.78 is 32.2. The van der Waals surface area contributed by atoms with E-state index in [9.17, 15) is 13.0 Å². The number of hydrogen-bond acceptors (Lipinski definition) is 2. The first kappa shape index (κ1) is 17.3. The van der Waals surface area contributed by atoms with E-state index in [1.807, 2.05) is 6.92 Å². The van der Waals surface area contributed by atoms with Gasteiger partial charge >= 0.3 is 0 Å². The second kappa shape index (κ2) is 5.94. The van der Waals surface area contributed by atoms with E-state index in [0.29, 0.717) is 17.0 Å². The molecule has 0 saturated carbocycles. The van der Waals surface area contributed by atoms with E-state index in [1.165, 1.54) is 6.08 Å². The predicted molar refractivity (Wildman–Crippen MR) is 80.8 cm³/mol. The van der Waals surface area contributed by atoms with Crippen molar-refractivity contribution in [3.63, 3.8) is 0 Å². The van der Waals surface area contributed by atoms with Crippen LogP contribution < -0.4 is 0 Å². The van der Waals surface area contributed by atoms with Crippen LogP contribution in [0, 0.1) is 5.41 Å². The van der Waals surface area contributed by atoms with Gasteiger partial charge in [-0.05, 0) is 18.9 Å². The van der Waals surface area contributed by atoms with E-state index < -0.39 is 20.3 Å². The first-order chi connectivity index (χ1) is 8.72. The number of halogens is 3. The van der Waals surface area contributed by atoms with Gasteiger partial charge < -0.3 is 0 Å². The van der Waals surface area contributed by atoms with Crippen molar-refractivity contribution in [1.29, 1.82) is 0 Å². The Hall–Kier alpha value is 0.260. The van der Waals surface area contributed by atoms with Gasteiger partial charge in [-0.15, -0.1) is 23.2 Å². The van der Waals surface area contributed by atoms with Crippen molar-refractivity contribution in [2.24, 2.45) is 5.41 Å².